The lowest BCUT2D eigenvalue weighted by Gasteiger charge is -2.29. The normalized spacial score (nSPS) is 19.6. The molecule has 8 nitrogen and oxygen atoms in total. The Hall–Kier alpha value is -3.07. The Labute approximate surface area is 160 Å². The molecule has 3 heterocycles. The van der Waals surface area contributed by atoms with Crippen molar-refractivity contribution in [3.63, 3.8) is 0 Å². The molecule has 0 saturated heterocycles. The van der Waals surface area contributed by atoms with Crippen LogP contribution in [-0.2, 0) is 4.79 Å². The van der Waals surface area contributed by atoms with Gasteiger partial charge in [0.1, 0.15) is 11.3 Å². The predicted octanol–water partition coefficient (Wildman–Crippen LogP) is 2.33. The summed E-state index contributed by atoms with van der Waals surface area (Å²) in [6.07, 6.45) is 8.05. The molecule has 1 fully saturated rings. The number of anilines is 1. The van der Waals surface area contributed by atoms with E-state index in [4.69, 9.17) is 5.11 Å². The number of pyridine rings is 1. The first-order valence-corrected chi connectivity index (χ1v) is 9.27. The number of halogens is 1. The topological polar surface area (TPSA) is 104 Å². The molecule has 0 atom stereocenters. The van der Waals surface area contributed by atoms with Crippen molar-refractivity contribution >= 4 is 17.6 Å². The number of carboxylic acids is 1. The highest BCUT2D eigenvalue weighted by Crippen LogP contribution is 2.25. The maximum absolute atomic E-state index is 14.4. The number of nitrogens with zero attached hydrogens (tertiary/aromatic N) is 4. The minimum absolute atomic E-state index is 0.0213. The van der Waals surface area contributed by atoms with Crippen LogP contribution in [0.5, 0.6) is 0 Å². The second-order valence-electron chi connectivity index (χ2n) is 6.93. The van der Waals surface area contributed by atoms with Gasteiger partial charge < -0.3 is 15.7 Å². The van der Waals surface area contributed by atoms with Gasteiger partial charge in [-0.1, -0.05) is 6.07 Å². The van der Waals surface area contributed by atoms with Crippen LogP contribution in [0.3, 0.4) is 0 Å². The van der Waals surface area contributed by atoms with Crippen LogP contribution in [0.25, 0.3) is 17.0 Å². The highest BCUT2D eigenvalue weighted by atomic mass is 19.1. The van der Waals surface area contributed by atoms with Crippen molar-refractivity contribution in [2.45, 2.75) is 37.8 Å². The number of aromatic nitrogens is 4. The molecule has 3 aromatic rings. The third kappa shape index (κ3) is 3.94. The van der Waals surface area contributed by atoms with Crippen molar-refractivity contribution < 1.29 is 14.3 Å². The molecule has 146 valence electrons. The van der Waals surface area contributed by atoms with Crippen LogP contribution in [0.15, 0.2) is 36.8 Å². The summed E-state index contributed by atoms with van der Waals surface area (Å²) >= 11 is 0. The molecule has 9 heteroatoms. The molecule has 0 radical (unpaired) electrons. The summed E-state index contributed by atoms with van der Waals surface area (Å²) in [7, 11) is 0. The molecule has 1 aliphatic carbocycles. The van der Waals surface area contributed by atoms with Crippen LogP contribution in [0.1, 0.15) is 25.7 Å². The first-order chi connectivity index (χ1) is 13.6. The van der Waals surface area contributed by atoms with Crippen LogP contribution in [-0.4, -0.2) is 49.1 Å². The Bertz CT molecular complexity index is 983. The fourth-order valence-corrected chi connectivity index (χ4v) is 3.58. The Morgan fingerprint density at radius 1 is 1.18 bits per heavy atom. The minimum Gasteiger partial charge on any atom is -0.480 e. The van der Waals surface area contributed by atoms with Gasteiger partial charge in [-0.2, -0.15) is 0 Å². The lowest BCUT2D eigenvalue weighted by Crippen LogP contribution is -2.39. The van der Waals surface area contributed by atoms with Gasteiger partial charge in [0.2, 0.25) is 5.95 Å². The van der Waals surface area contributed by atoms with Crippen LogP contribution in [0.4, 0.5) is 10.3 Å². The molecular weight excluding hydrogens is 363 g/mol. The van der Waals surface area contributed by atoms with E-state index in [1.165, 1.54) is 6.20 Å². The average Bonchev–Trinajstić information content (AvgIpc) is 3.13. The first-order valence-electron chi connectivity index (χ1n) is 9.27. The number of nitrogens with one attached hydrogen (secondary N) is 2. The van der Waals surface area contributed by atoms with Gasteiger partial charge in [-0.3, -0.25) is 9.20 Å². The molecule has 4 rings (SSSR count). The highest BCUT2D eigenvalue weighted by Gasteiger charge is 2.22. The molecule has 0 aromatic carbocycles. The SMILES string of the molecule is O=C(O)CNC1CCC(Nc2ncc(F)c(-c3cnc4ccccn34)n2)CC1. The number of imidazole rings is 1. The molecule has 0 amide bonds. The fraction of sp³-hybridized carbons (Fsp3) is 0.368. The number of rotatable bonds is 6. The van der Waals surface area contributed by atoms with Crippen molar-refractivity contribution in [2.75, 3.05) is 11.9 Å². The number of fused-ring (bicyclic) bond motifs is 1. The minimum atomic E-state index is -0.847. The predicted molar refractivity (Wildman–Crippen MR) is 101 cm³/mol. The van der Waals surface area contributed by atoms with E-state index < -0.39 is 11.8 Å². The third-order valence-electron chi connectivity index (χ3n) is 5.01. The number of aliphatic carboxylic acids is 1. The standard InChI is InChI=1S/C19H21FN6O2/c20-14-9-23-19(24-13-6-4-12(5-7-13)21-11-17(27)28)25-18(14)15-10-22-16-3-1-2-8-26(15)16/h1-3,8-10,12-13,21H,4-7,11H2,(H,27,28)(H,23,24,25). The van der Waals surface area contributed by atoms with E-state index in [2.05, 4.69) is 25.6 Å². The smallest absolute Gasteiger partial charge is 0.317 e. The zero-order valence-corrected chi connectivity index (χ0v) is 15.2. The van der Waals surface area contributed by atoms with Gasteiger partial charge in [0.25, 0.3) is 0 Å². The van der Waals surface area contributed by atoms with Gasteiger partial charge in [0, 0.05) is 18.3 Å². The molecule has 0 aliphatic heterocycles. The highest BCUT2D eigenvalue weighted by molar-refractivity contribution is 5.69. The summed E-state index contributed by atoms with van der Waals surface area (Å²) in [6.45, 7) is -0.0213. The van der Waals surface area contributed by atoms with Gasteiger partial charge >= 0.3 is 5.97 Å². The number of carboxylic acid groups (broad SMARTS) is 1. The molecular formula is C19H21FN6O2. The van der Waals surface area contributed by atoms with E-state index in [0.29, 0.717) is 11.6 Å². The Morgan fingerprint density at radius 2 is 1.96 bits per heavy atom. The Morgan fingerprint density at radius 3 is 2.75 bits per heavy atom. The van der Waals surface area contributed by atoms with E-state index in [1.807, 2.05) is 24.4 Å². The van der Waals surface area contributed by atoms with Crippen molar-refractivity contribution in [2.24, 2.45) is 0 Å². The fourth-order valence-electron chi connectivity index (χ4n) is 3.58. The van der Waals surface area contributed by atoms with E-state index in [9.17, 15) is 9.18 Å². The van der Waals surface area contributed by atoms with Gasteiger partial charge in [-0.15, -0.1) is 0 Å². The van der Waals surface area contributed by atoms with Gasteiger partial charge in [0.05, 0.1) is 24.6 Å². The van der Waals surface area contributed by atoms with Crippen LogP contribution < -0.4 is 10.6 Å². The Kier molecular flexibility index (Phi) is 5.16. The monoisotopic (exact) mass is 384 g/mol. The number of hydrogen-bond donors (Lipinski definition) is 3. The summed E-state index contributed by atoms with van der Waals surface area (Å²) in [5.74, 6) is -0.970. The largest absolute Gasteiger partial charge is 0.480 e. The molecule has 3 N–H and O–H groups in total. The molecule has 1 aliphatic rings. The second kappa shape index (κ2) is 7.89. The summed E-state index contributed by atoms with van der Waals surface area (Å²) in [4.78, 5) is 23.4. The molecule has 0 unspecified atom stereocenters. The summed E-state index contributed by atoms with van der Waals surface area (Å²) in [5.41, 5.74) is 1.49. The molecule has 3 aromatic heterocycles. The van der Waals surface area contributed by atoms with Crippen molar-refractivity contribution in [3.8, 4) is 11.4 Å². The maximum atomic E-state index is 14.4. The zero-order valence-electron chi connectivity index (χ0n) is 15.2. The Balaban J connectivity index is 1.46. The van der Waals surface area contributed by atoms with Gasteiger partial charge in [-0.05, 0) is 37.8 Å². The lowest BCUT2D eigenvalue weighted by atomic mass is 9.91. The van der Waals surface area contributed by atoms with E-state index >= 15 is 0 Å². The van der Waals surface area contributed by atoms with Crippen LogP contribution in [0.2, 0.25) is 0 Å². The van der Waals surface area contributed by atoms with Gasteiger partial charge in [-0.25, -0.2) is 19.3 Å². The summed E-state index contributed by atoms with van der Waals surface area (Å²) in [6, 6.07) is 5.95. The van der Waals surface area contributed by atoms with Crippen molar-refractivity contribution in [1.29, 1.82) is 0 Å². The zero-order chi connectivity index (χ0) is 19.5. The van der Waals surface area contributed by atoms with Crippen LogP contribution >= 0.6 is 0 Å². The summed E-state index contributed by atoms with van der Waals surface area (Å²) < 4.78 is 16.2. The van der Waals surface area contributed by atoms with E-state index in [-0.39, 0.29) is 24.3 Å². The van der Waals surface area contributed by atoms with Crippen LogP contribution in [0, 0.1) is 5.82 Å². The van der Waals surface area contributed by atoms with Gasteiger partial charge in [0.15, 0.2) is 5.82 Å². The average molecular weight is 384 g/mol. The molecule has 0 bridgehead atoms. The number of carbonyl (C=O) groups is 1. The third-order valence-corrected chi connectivity index (χ3v) is 5.01. The maximum Gasteiger partial charge on any atom is 0.317 e. The van der Waals surface area contributed by atoms with E-state index in [0.717, 1.165) is 31.3 Å². The molecule has 28 heavy (non-hydrogen) atoms. The molecule has 0 spiro atoms. The molecule has 1 saturated carbocycles. The number of hydrogen-bond acceptors (Lipinski definition) is 6. The van der Waals surface area contributed by atoms with E-state index in [1.54, 1.807) is 10.6 Å². The van der Waals surface area contributed by atoms with Crippen molar-refractivity contribution in [3.05, 3.63) is 42.6 Å². The summed E-state index contributed by atoms with van der Waals surface area (Å²) in [5, 5.41) is 15.1. The quantitative estimate of drug-likeness (QED) is 0.599. The lowest BCUT2D eigenvalue weighted by molar-refractivity contribution is -0.136. The second-order valence-corrected chi connectivity index (χ2v) is 6.93. The van der Waals surface area contributed by atoms with Crippen molar-refractivity contribution in [1.82, 2.24) is 24.7 Å². The first kappa shape index (κ1) is 18.3.